The van der Waals surface area contributed by atoms with Crippen LogP contribution in [-0.4, -0.2) is 66.4 Å². The van der Waals surface area contributed by atoms with Gasteiger partial charge >= 0.3 is 17.8 Å². The van der Waals surface area contributed by atoms with Crippen molar-refractivity contribution < 1.29 is 14.4 Å². The Hall–Kier alpha value is -2.41. The maximum atomic E-state index is 12.3. The Kier molecular flexibility index (Phi) is 5.23. The minimum atomic E-state index is -0.761. The van der Waals surface area contributed by atoms with Crippen molar-refractivity contribution in [1.29, 1.82) is 0 Å². The molecule has 4 amide bonds. The van der Waals surface area contributed by atoms with Crippen LogP contribution in [0.2, 0.25) is 0 Å². The van der Waals surface area contributed by atoms with Crippen LogP contribution in [0.15, 0.2) is 24.3 Å². The molecule has 2 rings (SSSR count). The molecule has 1 aromatic carbocycles. The number of urea groups is 1. The van der Waals surface area contributed by atoms with Gasteiger partial charge in [-0.25, -0.2) is 9.69 Å². The molecule has 24 heavy (non-hydrogen) atoms. The summed E-state index contributed by atoms with van der Waals surface area (Å²) in [7, 11) is 5.76. The second-order valence-electron chi connectivity index (χ2n) is 6.50. The molecule has 0 radical (unpaired) electrons. The molecule has 1 aliphatic rings. The van der Waals surface area contributed by atoms with Crippen LogP contribution in [0.3, 0.4) is 0 Å². The van der Waals surface area contributed by atoms with Gasteiger partial charge in [0.25, 0.3) is 0 Å². The van der Waals surface area contributed by atoms with Gasteiger partial charge in [0.2, 0.25) is 0 Å². The Morgan fingerprint density at radius 1 is 0.958 bits per heavy atom. The Balaban J connectivity index is 2.01. The molecule has 0 unspecified atom stereocenters. The van der Waals surface area contributed by atoms with Gasteiger partial charge < -0.3 is 4.90 Å². The molecule has 0 aromatic heterocycles. The smallest absolute Gasteiger partial charge is 0.335 e. The van der Waals surface area contributed by atoms with Crippen LogP contribution in [0.1, 0.15) is 19.4 Å². The van der Waals surface area contributed by atoms with E-state index in [1.54, 1.807) is 13.8 Å². The highest BCUT2D eigenvalue weighted by atomic mass is 16.2. The van der Waals surface area contributed by atoms with Crippen molar-refractivity contribution in [2.24, 2.45) is 0 Å². The van der Waals surface area contributed by atoms with Crippen molar-refractivity contribution >= 4 is 23.5 Å². The number of carbonyl (C=O) groups excluding carboxylic acids is 3. The molecule has 0 saturated carbocycles. The number of hydrogen-bond donors (Lipinski definition) is 0. The third-order valence-corrected chi connectivity index (χ3v) is 3.89. The molecular weight excluding hydrogens is 308 g/mol. The molecule has 1 aromatic rings. The highest BCUT2D eigenvalue weighted by Gasteiger charge is 2.45. The van der Waals surface area contributed by atoms with E-state index in [2.05, 4.69) is 0 Å². The Morgan fingerprint density at radius 3 is 2.00 bits per heavy atom. The molecule has 1 saturated heterocycles. The summed E-state index contributed by atoms with van der Waals surface area (Å²) in [6.07, 6.45) is 0. The Morgan fingerprint density at radius 2 is 1.54 bits per heavy atom. The summed E-state index contributed by atoms with van der Waals surface area (Å²) in [5.41, 5.74) is 2.17. The lowest BCUT2D eigenvalue weighted by Crippen LogP contribution is -2.41. The van der Waals surface area contributed by atoms with Crippen molar-refractivity contribution in [1.82, 2.24) is 14.7 Å². The second kappa shape index (κ2) is 7.00. The molecule has 1 fully saturated rings. The largest absolute Gasteiger partial charge is 0.378 e. The van der Waals surface area contributed by atoms with E-state index in [4.69, 9.17) is 0 Å². The predicted octanol–water partition coefficient (Wildman–Crippen LogP) is 1.34. The van der Waals surface area contributed by atoms with Crippen LogP contribution in [-0.2, 0) is 16.1 Å². The van der Waals surface area contributed by atoms with Crippen LogP contribution in [0.25, 0.3) is 0 Å². The lowest BCUT2D eigenvalue weighted by atomic mass is 10.2. The molecule has 0 atom stereocenters. The molecule has 0 aliphatic carbocycles. The molecule has 130 valence electrons. The molecule has 1 aliphatic heterocycles. The Labute approximate surface area is 142 Å². The second-order valence-corrected chi connectivity index (χ2v) is 6.50. The fraction of sp³-hybridized carbons (Fsp3) is 0.471. The fourth-order valence-corrected chi connectivity index (χ4v) is 2.60. The number of nitrogens with zero attached hydrogens (tertiary/aromatic N) is 4. The van der Waals surface area contributed by atoms with Crippen LogP contribution in [0, 0.1) is 0 Å². The molecule has 7 nitrogen and oxygen atoms in total. The highest BCUT2D eigenvalue weighted by molar-refractivity contribution is 6.44. The summed E-state index contributed by atoms with van der Waals surface area (Å²) in [4.78, 5) is 42.0. The summed E-state index contributed by atoms with van der Waals surface area (Å²) in [6.45, 7) is 4.08. The van der Waals surface area contributed by atoms with Gasteiger partial charge in [0.15, 0.2) is 0 Å². The number of anilines is 1. The first-order valence-corrected chi connectivity index (χ1v) is 7.86. The van der Waals surface area contributed by atoms with E-state index in [1.165, 1.54) is 0 Å². The van der Waals surface area contributed by atoms with Gasteiger partial charge in [-0.05, 0) is 38.6 Å². The Bertz CT molecular complexity index is 640. The lowest BCUT2D eigenvalue weighted by molar-refractivity contribution is -0.144. The summed E-state index contributed by atoms with van der Waals surface area (Å²) < 4.78 is 0. The average molecular weight is 332 g/mol. The topological polar surface area (TPSA) is 64.2 Å². The van der Waals surface area contributed by atoms with E-state index >= 15 is 0 Å². The van der Waals surface area contributed by atoms with Crippen molar-refractivity contribution in [2.45, 2.75) is 26.4 Å². The predicted molar refractivity (Wildman–Crippen MR) is 91.3 cm³/mol. The number of imide groups is 2. The van der Waals surface area contributed by atoms with Gasteiger partial charge in [0.1, 0.15) is 0 Å². The molecule has 1 heterocycles. The lowest BCUT2D eigenvalue weighted by Gasteiger charge is -2.23. The van der Waals surface area contributed by atoms with E-state index < -0.39 is 17.8 Å². The molecule has 7 heteroatoms. The van der Waals surface area contributed by atoms with Crippen molar-refractivity contribution in [3.05, 3.63) is 29.8 Å². The standard InChI is InChI=1S/C17H24N4O3/c1-12(2)21-16(23)15(22)20(17(21)24)11-19(5)10-13-6-8-14(9-7-13)18(3)4/h6-9,12H,10-11H2,1-5H3. The number of hydrogen-bond acceptors (Lipinski definition) is 5. The minimum Gasteiger partial charge on any atom is -0.378 e. The molecular formula is C17H24N4O3. The van der Waals surface area contributed by atoms with Crippen LogP contribution < -0.4 is 4.90 Å². The van der Waals surface area contributed by atoms with E-state index in [0.717, 1.165) is 21.1 Å². The fourth-order valence-electron chi connectivity index (χ4n) is 2.60. The van der Waals surface area contributed by atoms with Gasteiger partial charge in [0, 0.05) is 32.4 Å². The average Bonchev–Trinajstić information content (AvgIpc) is 2.71. The summed E-state index contributed by atoms with van der Waals surface area (Å²) in [5, 5.41) is 0. The third-order valence-electron chi connectivity index (χ3n) is 3.89. The van der Waals surface area contributed by atoms with E-state index in [0.29, 0.717) is 6.54 Å². The number of amides is 4. The van der Waals surface area contributed by atoms with Gasteiger partial charge in [-0.15, -0.1) is 0 Å². The highest BCUT2D eigenvalue weighted by Crippen LogP contribution is 2.17. The van der Waals surface area contributed by atoms with E-state index in [1.807, 2.05) is 55.2 Å². The third kappa shape index (κ3) is 3.56. The monoisotopic (exact) mass is 332 g/mol. The van der Waals surface area contributed by atoms with Gasteiger partial charge in [-0.1, -0.05) is 12.1 Å². The van der Waals surface area contributed by atoms with Crippen molar-refractivity contribution in [3.63, 3.8) is 0 Å². The first kappa shape index (κ1) is 17.9. The SMILES string of the molecule is CC(C)N1C(=O)C(=O)N(CN(C)Cc2ccc(N(C)C)cc2)C1=O. The van der Waals surface area contributed by atoms with E-state index in [-0.39, 0.29) is 12.7 Å². The number of rotatable bonds is 6. The molecule has 0 bridgehead atoms. The normalized spacial score (nSPS) is 15.2. The van der Waals surface area contributed by atoms with Crippen LogP contribution in [0.4, 0.5) is 10.5 Å². The van der Waals surface area contributed by atoms with Gasteiger partial charge in [0.05, 0.1) is 6.67 Å². The first-order valence-electron chi connectivity index (χ1n) is 7.86. The summed E-state index contributed by atoms with van der Waals surface area (Å²) >= 11 is 0. The zero-order valence-electron chi connectivity index (χ0n) is 14.8. The number of benzene rings is 1. The quantitative estimate of drug-likeness (QED) is 0.581. The molecule has 0 spiro atoms. The van der Waals surface area contributed by atoms with Crippen LogP contribution >= 0.6 is 0 Å². The zero-order valence-corrected chi connectivity index (χ0v) is 14.8. The van der Waals surface area contributed by atoms with E-state index in [9.17, 15) is 14.4 Å². The zero-order chi connectivity index (χ0) is 18.0. The first-order chi connectivity index (χ1) is 11.2. The van der Waals surface area contributed by atoms with Gasteiger partial charge in [-0.3, -0.25) is 19.4 Å². The summed E-state index contributed by atoms with van der Waals surface area (Å²) in [6, 6.07) is 7.16. The minimum absolute atomic E-state index is 0.0854. The number of carbonyl (C=O) groups is 3. The maximum Gasteiger partial charge on any atom is 0.335 e. The van der Waals surface area contributed by atoms with Crippen LogP contribution in [0.5, 0.6) is 0 Å². The van der Waals surface area contributed by atoms with Crippen molar-refractivity contribution in [2.75, 3.05) is 32.7 Å². The van der Waals surface area contributed by atoms with Crippen molar-refractivity contribution in [3.8, 4) is 0 Å². The summed E-state index contributed by atoms with van der Waals surface area (Å²) in [5.74, 6) is -1.51. The van der Waals surface area contributed by atoms with Gasteiger partial charge in [-0.2, -0.15) is 0 Å². The molecule has 0 N–H and O–H groups in total. The maximum absolute atomic E-state index is 12.3.